The van der Waals surface area contributed by atoms with Crippen molar-refractivity contribution in [1.82, 2.24) is 4.90 Å². The molecule has 5 nitrogen and oxygen atoms in total. The van der Waals surface area contributed by atoms with Crippen LogP contribution in [0.2, 0.25) is 0 Å². The smallest absolute Gasteiger partial charge is 0.258 e. The van der Waals surface area contributed by atoms with E-state index < -0.39 is 0 Å². The first-order valence-corrected chi connectivity index (χ1v) is 16.7. The number of methoxy groups -OCH3 is 1. The Hall–Kier alpha value is -2.61. The van der Waals surface area contributed by atoms with Crippen LogP contribution in [0.5, 0.6) is 11.5 Å². The van der Waals surface area contributed by atoms with Gasteiger partial charge in [-0.05, 0) is 55.7 Å². The van der Waals surface area contributed by atoms with E-state index in [9.17, 15) is 4.79 Å². The number of pyridine rings is 1. The minimum absolute atomic E-state index is 0. The standard InChI is InChI=1S/C38H55N2O3.HI/c1-5-7-8-9-10-11-12-13-14-15-16-19-28-43-36-26-20-23-34(32(36)3)31-40(30-33-22-21-27-39(6-2)29-33)38(41)35-24-17-18-25-37(35)42-4;/h17-18,20-27,29H,5-16,19,28,30-31H2,1-4H3;1H/q+1;/p-1. The van der Waals surface area contributed by atoms with Crippen molar-refractivity contribution >= 4 is 5.91 Å². The molecule has 1 aromatic heterocycles. The molecular formula is C38H55IN2O3. The van der Waals surface area contributed by atoms with E-state index >= 15 is 0 Å². The van der Waals surface area contributed by atoms with E-state index in [0.29, 0.717) is 24.4 Å². The summed E-state index contributed by atoms with van der Waals surface area (Å²) in [6, 6.07) is 17.8. The molecule has 3 aromatic rings. The highest BCUT2D eigenvalue weighted by Gasteiger charge is 2.22. The molecule has 0 aliphatic rings. The number of aryl methyl sites for hydroxylation is 1. The largest absolute Gasteiger partial charge is 1.00 e. The van der Waals surface area contributed by atoms with Gasteiger partial charge < -0.3 is 38.4 Å². The van der Waals surface area contributed by atoms with Gasteiger partial charge in [-0.15, -0.1) is 0 Å². The molecule has 1 amide bonds. The Morgan fingerprint density at radius 1 is 0.750 bits per heavy atom. The van der Waals surface area contributed by atoms with E-state index in [2.05, 4.69) is 49.9 Å². The highest BCUT2D eigenvalue weighted by Crippen LogP contribution is 2.26. The number of ether oxygens (including phenoxy) is 2. The Labute approximate surface area is 284 Å². The third kappa shape index (κ3) is 12.8. The summed E-state index contributed by atoms with van der Waals surface area (Å²) in [5.74, 6) is 1.45. The molecular weight excluding hydrogens is 659 g/mol. The van der Waals surface area contributed by atoms with Crippen LogP contribution in [0.1, 0.15) is 118 Å². The van der Waals surface area contributed by atoms with Crippen molar-refractivity contribution in [2.75, 3.05) is 13.7 Å². The summed E-state index contributed by atoms with van der Waals surface area (Å²) >= 11 is 0. The molecule has 242 valence electrons. The van der Waals surface area contributed by atoms with Gasteiger partial charge >= 0.3 is 0 Å². The molecule has 0 spiro atoms. The average molecular weight is 715 g/mol. The molecule has 0 bridgehead atoms. The minimum atomic E-state index is -0.0495. The second-order valence-corrected chi connectivity index (χ2v) is 11.7. The second-order valence-electron chi connectivity index (χ2n) is 11.7. The summed E-state index contributed by atoms with van der Waals surface area (Å²) in [5.41, 5.74) is 3.84. The van der Waals surface area contributed by atoms with Crippen molar-refractivity contribution in [3.05, 3.63) is 89.2 Å². The van der Waals surface area contributed by atoms with Gasteiger partial charge in [0, 0.05) is 18.2 Å². The van der Waals surface area contributed by atoms with Crippen molar-refractivity contribution in [1.29, 1.82) is 0 Å². The number of carbonyl (C=O) groups excluding carboxylic acids is 1. The minimum Gasteiger partial charge on any atom is -1.00 e. The second kappa shape index (κ2) is 22.0. The van der Waals surface area contributed by atoms with E-state index in [1.54, 1.807) is 7.11 Å². The van der Waals surface area contributed by atoms with Crippen LogP contribution in [-0.2, 0) is 19.6 Å². The van der Waals surface area contributed by atoms with E-state index in [-0.39, 0.29) is 29.9 Å². The fraction of sp³-hybridized carbons (Fsp3) is 0.526. The van der Waals surface area contributed by atoms with Gasteiger partial charge in [0.1, 0.15) is 18.0 Å². The van der Waals surface area contributed by atoms with Gasteiger partial charge in [-0.2, -0.15) is 0 Å². The van der Waals surface area contributed by atoms with Crippen LogP contribution < -0.4 is 38.0 Å². The zero-order valence-electron chi connectivity index (χ0n) is 27.7. The first-order valence-electron chi connectivity index (χ1n) is 16.7. The van der Waals surface area contributed by atoms with Crippen LogP contribution in [0, 0.1) is 6.92 Å². The van der Waals surface area contributed by atoms with Gasteiger partial charge in [0.15, 0.2) is 12.4 Å². The van der Waals surface area contributed by atoms with Crippen molar-refractivity contribution in [2.45, 2.75) is 117 Å². The van der Waals surface area contributed by atoms with Crippen LogP contribution >= 0.6 is 0 Å². The molecule has 0 radical (unpaired) electrons. The predicted molar refractivity (Wildman–Crippen MR) is 177 cm³/mol. The highest BCUT2D eigenvalue weighted by atomic mass is 127. The number of halogens is 1. The summed E-state index contributed by atoms with van der Waals surface area (Å²) in [5, 5.41) is 0. The monoisotopic (exact) mass is 714 g/mol. The normalized spacial score (nSPS) is 10.7. The van der Waals surface area contributed by atoms with Crippen LogP contribution in [0.25, 0.3) is 0 Å². The van der Waals surface area contributed by atoms with Gasteiger partial charge in [-0.3, -0.25) is 4.79 Å². The lowest BCUT2D eigenvalue weighted by molar-refractivity contribution is -0.694. The maximum atomic E-state index is 13.9. The summed E-state index contributed by atoms with van der Waals surface area (Å²) in [6.45, 7) is 9.10. The molecule has 6 heteroatoms. The molecule has 2 aromatic carbocycles. The van der Waals surface area contributed by atoms with Crippen molar-refractivity contribution in [3.63, 3.8) is 0 Å². The van der Waals surface area contributed by atoms with Crippen LogP contribution in [0.3, 0.4) is 0 Å². The van der Waals surface area contributed by atoms with E-state index in [4.69, 9.17) is 9.47 Å². The van der Waals surface area contributed by atoms with Gasteiger partial charge in [0.25, 0.3) is 5.91 Å². The number of carbonyl (C=O) groups is 1. The predicted octanol–water partition coefficient (Wildman–Crippen LogP) is 6.24. The third-order valence-corrected chi connectivity index (χ3v) is 8.30. The van der Waals surface area contributed by atoms with E-state index in [0.717, 1.165) is 42.0 Å². The summed E-state index contributed by atoms with van der Waals surface area (Å²) in [7, 11) is 1.61. The van der Waals surface area contributed by atoms with E-state index in [1.807, 2.05) is 47.4 Å². The number of para-hydroxylation sites is 1. The van der Waals surface area contributed by atoms with Crippen molar-refractivity contribution < 1.29 is 42.8 Å². The Morgan fingerprint density at radius 3 is 2.05 bits per heavy atom. The maximum absolute atomic E-state index is 13.9. The topological polar surface area (TPSA) is 42.7 Å². The Balaban J connectivity index is 0.00000675. The first kappa shape index (κ1) is 37.6. The molecule has 3 rings (SSSR count). The molecule has 0 unspecified atom stereocenters. The van der Waals surface area contributed by atoms with Gasteiger partial charge in [-0.25, -0.2) is 4.57 Å². The number of hydrogen-bond donors (Lipinski definition) is 0. The lowest BCUT2D eigenvalue weighted by Crippen LogP contribution is -3.00. The molecule has 0 saturated carbocycles. The number of benzene rings is 2. The van der Waals surface area contributed by atoms with Gasteiger partial charge in [-0.1, -0.05) is 102 Å². The van der Waals surface area contributed by atoms with Crippen LogP contribution in [0.4, 0.5) is 0 Å². The highest BCUT2D eigenvalue weighted by molar-refractivity contribution is 5.96. The van der Waals surface area contributed by atoms with Gasteiger partial charge in [0.05, 0.1) is 25.8 Å². The van der Waals surface area contributed by atoms with Crippen molar-refractivity contribution in [2.24, 2.45) is 0 Å². The number of hydrogen-bond acceptors (Lipinski definition) is 3. The summed E-state index contributed by atoms with van der Waals surface area (Å²) in [6.07, 6.45) is 20.2. The number of nitrogens with zero attached hydrogens (tertiary/aromatic N) is 2. The molecule has 44 heavy (non-hydrogen) atoms. The van der Waals surface area contributed by atoms with Crippen molar-refractivity contribution in [3.8, 4) is 11.5 Å². The molecule has 0 N–H and O–H groups in total. The number of rotatable bonds is 21. The quantitative estimate of drug-likeness (QED) is 0.0747. The number of unbranched alkanes of at least 4 members (excludes halogenated alkanes) is 11. The molecule has 0 fully saturated rings. The average Bonchev–Trinajstić information content (AvgIpc) is 3.04. The molecule has 0 atom stereocenters. The maximum Gasteiger partial charge on any atom is 0.258 e. The molecule has 0 aliphatic heterocycles. The number of amides is 1. The molecule has 1 heterocycles. The Kier molecular flexibility index (Phi) is 18.8. The zero-order chi connectivity index (χ0) is 30.7. The summed E-state index contributed by atoms with van der Waals surface area (Å²) in [4.78, 5) is 15.8. The van der Waals surface area contributed by atoms with Gasteiger partial charge in [0.2, 0.25) is 0 Å². The lowest BCUT2D eigenvalue weighted by Gasteiger charge is -2.25. The van der Waals surface area contributed by atoms with E-state index in [1.165, 1.54) is 70.6 Å². The Morgan fingerprint density at radius 2 is 1.39 bits per heavy atom. The summed E-state index contributed by atoms with van der Waals surface area (Å²) < 4.78 is 13.9. The number of aromatic nitrogens is 1. The molecule has 0 aliphatic carbocycles. The van der Waals surface area contributed by atoms with Crippen LogP contribution in [-0.4, -0.2) is 24.5 Å². The lowest BCUT2D eigenvalue weighted by atomic mass is 10.1. The zero-order valence-corrected chi connectivity index (χ0v) is 29.8. The third-order valence-electron chi connectivity index (χ3n) is 8.30. The van der Waals surface area contributed by atoms with Crippen LogP contribution in [0.15, 0.2) is 67.0 Å². The molecule has 0 saturated heterocycles. The fourth-order valence-corrected chi connectivity index (χ4v) is 5.60. The first-order chi connectivity index (χ1) is 21.1. The SMILES string of the molecule is CCCCCCCCCCCCCCOc1cccc(CN(Cc2ccc[n+](CC)c2)C(=O)c2ccccc2OC)c1C.[I-]. The fourth-order valence-electron chi connectivity index (χ4n) is 5.60. The Bertz CT molecular complexity index is 1230.